The predicted octanol–water partition coefficient (Wildman–Crippen LogP) is 0.928. The second-order valence-electron chi connectivity index (χ2n) is 3.80. The zero-order valence-corrected chi connectivity index (χ0v) is 8.65. The fourth-order valence-corrected chi connectivity index (χ4v) is 1.68. The molecule has 0 saturated carbocycles. The molecule has 1 atom stereocenters. The SMILES string of the molecule is CC(=O)OCC(C)n1c(O)c2c(c1O)C2. The van der Waals surface area contributed by atoms with E-state index in [0.717, 1.165) is 11.1 Å². The third-order valence-corrected chi connectivity index (χ3v) is 2.56. The average molecular weight is 211 g/mol. The van der Waals surface area contributed by atoms with Gasteiger partial charge in [-0.15, -0.1) is 0 Å². The van der Waals surface area contributed by atoms with Crippen molar-refractivity contribution in [1.29, 1.82) is 0 Å². The van der Waals surface area contributed by atoms with Gasteiger partial charge in [-0.3, -0.25) is 9.36 Å². The van der Waals surface area contributed by atoms with Gasteiger partial charge in [-0.25, -0.2) is 0 Å². The van der Waals surface area contributed by atoms with E-state index in [0.29, 0.717) is 6.42 Å². The minimum absolute atomic E-state index is 0.0853. The number of nitrogens with zero attached hydrogens (tertiary/aromatic N) is 1. The normalized spacial score (nSPS) is 14.5. The molecule has 2 N–H and O–H groups in total. The number of aromatic nitrogens is 1. The Bertz CT molecular complexity index is 396. The number of carbonyl (C=O) groups is 1. The van der Waals surface area contributed by atoms with E-state index in [-0.39, 0.29) is 30.4 Å². The Morgan fingerprint density at radius 2 is 2.00 bits per heavy atom. The summed E-state index contributed by atoms with van der Waals surface area (Å²) >= 11 is 0. The lowest BCUT2D eigenvalue weighted by atomic mass is 10.3. The van der Waals surface area contributed by atoms with Crippen LogP contribution in [-0.2, 0) is 16.0 Å². The summed E-state index contributed by atoms with van der Waals surface area (Å²) in [7, 11) is 0. The van der Waals surface area contributed by atoms with Crippen molar-refractivity contribution < 1.29 is 19.7 Å². The highest BCUT2D eigenvalue weighted by Crippen LogP contribution is 2.47. The molecular weight excluding hydrogens is 198 g/mol. The van der Waals surface area contributed by atoms with Crippen molar-refractivity contribution in [1.82, 2.24) is 4.57 Å². The maximum atomic E-state index is 10.6. The van der Waals surface area contributed by atoms with E-state index in [1.54, 1.807) is 6.92 Å². The number of hydrogen-bond donors (Lipinski definition) is 2. The summed E-state index contributed by atoms with van der Waals surface area (Å²) in [5.74, 6) is -0.199. The third-order valence-electron chi connectivity index (χ3n) is 2.56. The average Bonchev–Trinajstić information content (AvgIpc) is 2.89. The second-order valence-corrected chi connectivity index (χ2v) is 3.80. The number of hydrogen-bond acceptors (Lipinski definition) is 4. The maximum Gasteiger partial charge on any atom is 0.302 e. The van der Waals surface area contributed by atoms with Gasteiger partial charge in [-0.2, -0.15) is 0 Å². The summed E-state index contributed by atoms with van der Waals surface area (Å²) in [5, 5.41) is 19.3. The van der Waals surface area contributed by atoms with Gasteiger partial charge in [0, 0.05) is 24.5 Å². The Balaban J connectivity index is 2.13. The van der Waals surface area contributed by atoms with E-state index >= 15 is 0 Å². The quantitative estimate of drug-likeness (QED) is 0.741. The number of aromatic hydroxyl groups is 2. The van der Waals surface area contributed by atoms with Crippen molar-refractivity contribution in [3.05, 3.63) is 11.1 Å². The van der Waals surface area contributed by atoms with Crippen LogP contribution in [0, 0.1) is 0 Å². The number of esters is 1. The third kappa shape index (κ3) is 1.54. The highest BCUT2D eigenvalue weighted by Gasteiger charge is 2.34. The molecule has 1 unspecified atom stereocenters. The highest BCUT2D eigenvalue weighted by molar-refractivity contribution is 5.66. The first kappa shape index (κ1) is 9.89. The molecule has 5 nitrogen and oxygen atoms in total. The summed E-state index contributed by atoms with van der Waals surface area (Å²) < 4.78 is 6.20. The van der Waals surface area contributed by atoms with Gasteiger partial charge < -0.3 is 14.9 Å². The predicted molar refractivity (Wildman–Crippen MR) is 51.9 cm³/mol. The standard InChI is InChI=1S/C10H13NO4/c1-5(4-15-6(2)12)11-9(13)7-3-8(7)10(11)14/h5,13-14H,3-4H2,1-2H3. The van der Waals surface area contributed by atoms with Crippen LogP contribution in [0.25, 0.3) is 0 Å². The molecule has 1 heterocycles. The minimum atomic E-state index is -0.370. The molecule has 0 aliphatic heterocycles. The molecule has 1 aromatic rings. The molecule has 1 aliphatic rings. The van der Waals surface area contributed by atoms with Crippen LogP contribution in [-0.4, -0.2) is 27.4 Å². The van der Waals surface area contributed by atoms with E-state index in [2.05, 4.69) is 0 Å². The fraction of sp³-hybridized carbons (Fsp3) is 0.500. The van der Waals surface area contributed by atoms with Gasteiger partial charge in [0.15, 0.2) is 11.8 Å². The molecule has 1 aromatic heterocycles. The van der Waals surface area contributed by atoms with Crippen LogP contribution >= 0.6 is 0 Å². The first-order valence-corrected chi connectivity index (χ1v) is 4.79. The summed E-state index contributed by atoms with van der Waals surface area (Å²) in [5.41, 5.74) is 1.59. The van der Waals surface area contributed by atoms with Gasteiger partial charge in [-0.1, -0.05) is 0 Å². The topological polar surface area (TPSA) is 71.7 Å². The van der Waals surface area contributed by atoms with E-state index in [1.165, 1.54) is 11.5 Å². The van der Waals surface area contributed by atoms with Gasteiger partial charge in [0.2, 0.25) is 0 Å². The lowest BCUT2D eigenvalue weighted by Gasteiger charge is -2.16. The Labute approximate surface area is 86.9 Å². The van der Waals surface area contributed by atoms with Gasteiger partial charge in [-0.05, 0) is 6.92 Å². The van der Waals surface area contributed by atoms with Crippen molar-refractivity contribution in [2.45, 2.75) is 26.3 Å². The number of ether oxygens (including phenoxy) is 1. The summed E-state index contributed by atoms with van der Waals surface area (Å²) in [4.78, 5) is 10.6. The van der Waals surface area contributed by atoms with E-state index < -0.39 is 0 Å². The molecule has 0 aromatic carbocycles. The summed E-state index contributed by atoms with van der Waals surface area (Å²) in [6.45, 7) is 3.23. The molecule has 0 amide bonds. The largest absolute Gasteiger partial charge is 0.494 e. The van der Waals surface area contributed by atoms with Crippen molar-refractivity contribution in [2.24, 2.45) is 0 Å². The molecule has 0 spiro atoms. The molecule has 1 aliphatic carbocycles. The minimum Gasteiger partial charge on any atom is -0.494 e. The first-order valence-electron chi connectivity index (χ1n) is 4.79. The Hall–Kier alpha value is -1.65. The van der Waals surface area contributed by atoms with Crippen LogP contribution in [0.1, 0.15) is 31.0 Å². The smallest absolute Gasteiger partial charge is 0.302 e. The maximum absolute atomic E-state index is 10.6. The zero-order valence-electron chi connectivity index (χ0n) is 8.65. The summed E-state index contributed by atoms with van der Waals surface area (Å²) in [6.07, 6.45) is 0.661. The van der Waals surface area contributed by atoms with Gasteiger partial charge in [0.05, 0.1) is 6.04 Å². The van der Waals surface area contributed by atoms with Crippen molar-refractivity contribution >= 4 is 5.97 Å². The molecule has 5 heteroatoms. The van der Waals surface area contributed by atoms with Crippen molar-refractivity contribution in [3.8, 4) is 11.8 Å². The van der Waals surface area contributed by atoms with Crippen LogP contribution in [0.3, 0.4) is 0 Å². The fourth-order valence-electron chi connectivity index (χ4n) is 1.68. The molecule has 2 rings (SSSR count). The monoisotopic (exact) mass is 211 g/mol. The molecule has 0 fully saturated rings. The second kappa shape index (κ2) is 3.18. The Morgan fingerprint density at radius 3 is 2.47 bits per heavy atom. The van der Waals surface area contributed by atoms with E-state index in [9.17, 15) is 15.0 Å². The van der Waals surface area contributed by atoms with Gasteiger partial charge in [0.25, 0.3) is 0 Å². The Morgan fingerprint density at radius 1 is 1.47 bits per heavy atom. The number of rotatable bonds is 3. The van der Waals surface area contributed by atoms with Crippen LogP contribution in [0.5, 0.6) is 11.8 Å². The molecule has 82 valence electrons. The molecular formula is C10H13NO4. The summed E-state index contributed by atoms with van der Waals surface area (Å²) in [6, 6.07) is -0.262. The zero-order chi connectivity index (χ0) is 11.2. The first-order chi connectivity index (χ1) is 7.02. The molecule has 0 saturated heterocycles. The van der Waals surface area contributed by atoms with Crippen LogP contribution < -0.4 is 0 Å². The van der Waals surface area contributed by atoms with Gasteiger partial charge >= 0.3 is 5.97 Å². The molecule has 0 radical (unpaired) electrons. The lowest BCUT2D eigenvalue weighted by molar-refractivity contribution is -0.142. The Kier molecular flexibility index (Phi) is 2.10. The van der Waals surface area contributed by atoms with Crippen LogP contribution in [0.15, 0.2) is 0 Å². The van der Waals surface area contributed by atoms with Crippen LogP contribution in [0.4, 0.5) is 0 Å². The number of fused-ring (bicyclic) bond motifs is 1. The highest BCUT2D eigenvalue weighted by atomic mass is 16.5. The molecule has 15 heavy (non-hydrogen) atoms. The number of carbonyl (C=O) groups excluding carboxylic acids is 1. The molecule has 0 bridgehead atoms. The van der Waals surface area contributed by atoms with Crippen molar-refractivity contribution in [3.63, 3.8) is 0 Å². The van der Waals surface area contributed by atoms with E-state index in [4.69, 9.17) is 4.74 Å². The lowest BCUT2D eigenvalue weighted by Crippen LogP contribution is -2.14. The van der Waals surface area contributed by atoms with Gasteiger partial charge in [0.1, 0.15) is 6.61 Å². The van der Waals surface area contributed by atoms with E-state index in [1.807, 2.05) is 0 Å². The van der Waals surface area contributed by atoms with Crippen molar-refractivity contribution in [2.75, 3.05) is 6.61 Å². The van der Waals surface area contributed by atoms with Crippen LogP contribution in [0.2, 0.25) is 0 Å².